The van der Waals surface area contributed by atoms with Crippen LogP contribution in [-0.2, 0) is 4.79 Å². The molecule has 1 aliphatic heterocycles. The highest BCUT2D eigenvalue weighted by Crippen LogP contribution is 2.36. The van der Waals surface area contributed by atoms with Crippen molar-refractivity contribution in [1.82, 2.24) is 4.90 Å². The third-order valence-corrected chi connectivity index (χ3v) is 5.74. The van der Waals surface area contributed by atoms with Crippen LogP contribution in [0.15, 0.2) is 12.1 Å². The van der Waals surface area contributed by atoms with Crippen LogP contribution in [0.3, 0.4) is 0 Å². The maximum Gasteiger partial charge on any atom is 0.238 e. The van der Waals surface area contributed by atoms with E-state index in [9.17, 15) is 4.79 Å². The molecule has 0 bridgehead atoms. The largest absolute Gasteiger partial charge is 0.323 e. The van der Waals surface area contributed by atoms with Gasteiger partial charge in [0.25, 0.3) is 0 Å². The number of aryl methyl sites for hydroxylation is 2. The minimum absolute atomic E-state index is 0.0492. The van der Waals surface area contributed by atoms with Crippen molar-refractivity contribution >= 4 is 23.2 Å². The van der Waals surface area contributed by atoms with Crippen molar-refractivity contribution in [2.45, 2.75) is 46.0 Å². The topological polar surface area (TPSA) is 32.3 Å². The van der Waals surface area contributed by atoms with Crippen LogP contribution < -0.4 is 5.32 Å². The highest BCUT2D eigenvalue weighted by Gasteiger charge is 2.31. The van der Waals surface area contributed by atoms with Gasteiger partial charge < -0.3 is 5.32 Å². The maximum absolute atomic E-state index is 12.4. The Morgan fingerprint density at radius 2 is 1.96 bits per heavy atom. The van der Waals surface area contributed by atoms with E-state index in [-0.39, 0.29) is 5.91 Å². The smallest absolute Gasteiger partial charge is 0.238 e. The van der Waals surface area contributed by atoms with E-state index in [1.165, 1.54) is 32.1 Å². The number of piperidine rings is 1. The van der Waals surface area contributed by atoms with Gasteiger partial charge in [-0.2, -0.15) is 0 Å². The maximum atomic E-state index is 12.4. The second-order valence-corrected chi connectivity index (χ2v) is 7.72. The molecular weight excluding hydrogens is 308 g/mol. The van der Waals surface area contributed by atoms with Gasteiger partial charge in [-0.1, -0.05) is 36.9 Å². The predicted octanol–water partition coefficient (Wildman–Crippen LogP) is 4.41. The summed E-state index contributed by atoms with van der Waals surface area (Å²) < 4.78 is 0. The third-order valence-electron chi connectivity index (χ3n) is 5.44. The van der Waals surface area contributed by atoms with Gasteiger partial charge in [0, 0.05) is 6.54 Å². The van der Waals surface area contributed by atoms with E-state index in [1.54, 1.807) is 0 Å². The van der Waals surface area contributed by atoms with E-state index in [4.69, 9.17) is 11.6 Å². The summed E-state index contributed by atoms with van der Waals surface area (Å²) in [5, 5.41) is 3.64. The zero-order valence-electron chi connectivity index (χ0n) is 14.2. The molecule has 1 aromatic rings. The first kappa shape index (κ1) is 16.8. The van der Waals surface area contributed by atoms with Gasteiger partial charge >= 0.3 is 0 Å². The Labute approximate surface area is 144 Å². The fraction of sp³-hybridized carbons (Fsp3) is 0.632. The first-order valence-electron chi connectivity index (χ1n) is 8.82. The lowest BCUT2D eigenvalue weighted by Crippen LogP contribution is -2.44. The summed E-state index contributed by atoms with van der Waals surface area (Å²) in [7, 11) is 0. The van der Waals surface area contributed by atoms with E-state index in [2.05, 4.69) is 16.3 Å². The summed E-state index contributed by atoms with van der Waals surface area (Å²) >= 11 is 6.28. The Bertz CT molecular complexity index is 564. The molecule has 1 N–H and O–H groups in total. The lowest BCUT2D eigenvalue weighted by atomic mass is 9.75. The Morgan fingerprint density at radius 3 is 2.70 bits per heavy atom. The molecule has 1 aliphatic carbocycles. The number of fused-ring (bicyclic) bond motifs is 1. The fourth-order valence-corrected chi connectivity index (χ4v) is 4.64. The molecule has 3 rings (SSSR count). The highest BCUT2D eigenvalue weighted by atomic mass is 35.5. The number of carbonyl (C=O) groups is 1. The van der Waals surface area contributed by atoms with Gasteiger partial charge in [-0.05, 0) is 62.3 Å². The average molecular weight is 335 g/mol. The van der Waals surface area contributed by atoms with Gasteiger partial charge in [0.15, 0.2) is 0 Å². The van der Waals surface area contributed by atoms with Gasteiger partial charge in [-0.3, -0.25) is 9.69 Å². The van der Waals surface area contributed by atoms with Crippen LogP contribution in [0.2, 0.25) is 5.02 Å². The predicted molar refractivity (Wildman–Crippen MR) is 96.1 cm³/mol. The Balaban J connectivity index is 1.57. The second-order valence-electron chi connectivity index (χ2n) is 7.32. The van der Waals surface area contributed by atoms with E-state index < -0.39 is 0 Å². The second kappa shape index (κ2) is 7.23. The molecule has 1 aromatic carbocycles. The number of amides is 1. The van der Waals surface area contributed by atoms with Crippen LogP contribution in [0.1, 0.15) is 43.2 Å². The molecular formula is C19H27ClN2O. The first-order valence-corrected chi connectivity index (χ1v) is 9.19. The number of nitrogens with one attached hydrogen (secondary N) is 1. The number of anilines is 1. The van der Waals surface area contributed by atoms with E-state index >= 15 is 0 Å². The summed E-state index contributed by atoms with van der Waals surface area (Å²) in [6, 6.07) is 3.95. The summed E-state index contributed by atoms with van der Waals surface area (Å²) in [5.41, 5.74) is 2.90. The van der Waals surface area contributed by atoms with Crippen molar-refractivity contribution in [3.8, 4) is 0 Å². The van der Waals surface area contributed by atoms with Gasteiger partial charge in [0.2, 0.25) is 5.91 Å². The molecule has 1 amide bonds. The Kier molecular flexibility index (Phi) is 5.27. The van der Waals surface area contributed by atoms with Gasteiger partial charge in [-0.25, -0.2) is 0 Å². The number of hydrogen-bond donors (Lipinski definition) is 1. The Morgan fingerprint density at radius 1 is 1.22 bits per heavy atom. The lowest BCUT2D eigenvalue weighted by molar-refractivity contribution is -0.118. The van der Waals surface area contributed by atoms with Crippen LogP contribution in [-0.4, -0.2) is 30.4 Å². The van der Waals surface area contributed by atoms with Crippen LogP contribution in [0.4, 0.5) is 5.69 Å². The molecule has 1 saturated heterocycles. The minimum atomic E-state index is 0.0492. The molecule has 3 nitrogen and oxygen atoms in total. The van der Waals surface area contributed by atoms with Crippen molar-refractivity contribution in [2.75, 3.05) is 25.0 Å². The standard InChI is InChI=1S/C19H27ClN2O/c1-13-9-14(2)19(17(20)10-13)21-18(23)12-22-8-7-15-5-3-4-6-16(15)11-22/h9-10,15-16H,3-8,11-12H2,1-2H3,(H,21,23)/t15-,16+/m1/s1. The number of rotatable bonds is 3. The number of likely N-dealkylation sites (tertiary alicyclic amines) is 1. The van der Waals surface area contributed by atoms with Crippen molar-refractivity contribution in [2.24, 2.45) is 11.8 Å². The summed E-state index contributed by atoms with van der Waals surface area (Å²) in [6.07, 6.45) is 6.74. The number of halogens is 1. The lowest BCUT2D eigenvalue weighted by Gasteiger charge is -2.41. The van der Waals surface area contributed by atoms with Crippen molar-refractivity contribution in [3.63, 3.8) is 0 Å². The number of carbonyl (C=O) groups excluding carboxylic acids is 1. The number of hydrogen-bond acceptors (Lipinski definition) is 2. The molecule has 1 heterocycles. The molecule has 126 valence electrons. The van der Waals surface area contributed by atoms with E-state index in [0.717, 1.165) is 41.7 Å². The average Bonchev–Trinajstić information content (AvgIpc) is 2.51. The van der Waals surface area contributed by atoms with Gasteiger partial charge in [0.05, 0.1) is 17.3 Å². The van der Waals surface area contributed by atoms with Gasteiger partial charge in [0.1, 0.15) is 0 Å². The van der Waals surface area contributed by atoms with E-state index in [1.807, 2.05) is 19.9 Å². The molecule has 1 saturated carbocycles. The quantitative estimate of drug-likeness (QED) is 0.888. The molecule has 0 spiro atoms. The SMILES string of the molecule is Cc1cc(C)c(NC(=O)CN2CC[C@H]3CCCC[C@H]3C2)c(Cl)c1. The van der Waals surface area contributed by atoms with Crippen molar-refractivity contribution < 1.29 is 4.79 Å². The van der Waals surface area contributed by atoms with Gasteiger partial charge in [-0.15, -0.1) is 0 Å². The molecule has 0 unspecified atom stereocenters. The number of nitrogens with zero attached hydrogens (tertiary/aromatic N) is 1. The molecule has 2 fully saturated rings. The van der Waals surface area contributed by atoms with Crippen LogP contribution >= 0.6 is 11.6 Å². The molecule has 23 heavy (non-hydrogen) atoms. The summed E-state index contributed by atoms with van der Waals surface area (Å²) in [5.74, 6) is 1.75. The van der Waals surface area contributed by atoms with Crippen molar-refractivity contribution in [1.29, 1.82) is 0 Å². The molecule has 4 heteroatoms. The van der Waals surface area contributed by atoms with Crippen LogP contribution in [0, 0.1) is 25.7 Å². The monoisotopic (exact) mass is 334 g/mol. The molecule has 2 aliphatic rings. The summed E-state index contributed by atoms with van der Waals surface area (Å²) in [4.78, 5) is 14.7. The highest BCUT2D eigenvalue weighted by molar-refractivity contribution is 6.34. The first-order chi connectivity index (χ1) is 11.0. The fourth-order valence-electron chi connectivity index (χ4n) is 4.28. The zero-order chi connectivity index (χ0) is 16.4. The number of benzene rings is 1. The third kappa shape index (κ3) is 4.07. The molecule has 2 atom stereocenters. The Hall–Kier alpha value is -1.06. The molecule has 0 radical (unpaired) electrons. The van der Waals surface area contributed by atoms with Crippen LogP contribution in [0.5, 0.6) is 0 Å². The van der Waals surface area contributed by atoms with Crippen LogP contribution in [0.25, 0.3) is 0 Å². The van der Waals surface area contributed by atoms with Crippen molar-refractivity contribution in [3.05, 3.63) is 28.3 Å². The van der Waals surface area contributed by atoms with E-state index in [0.29, 0.717) is 11.6 Å². The zero-order valence-corrected chi connectivity index (χ0v) is 15.0. The normalized spacial score (nSPS) is 25.0. The molecule has 0 aromatic heterocycles. The summed E-state index contributed by atoms with van der Waals surface area (Å²) in [6.45, 7) is 6.61. The minimum Gasteiger partial charge on any atom is -0.323 e.